The van der Waals surface area contributed by atoms with Crippen molar-refractivity contribution in [3.8, 4) is 0 Å². The van der Waals surface area contributed by atoms with Crippen molar-refractivity contribution in [1.82, 2.24) is 4.90 Å². The van der Waals surface area contributed by atoms with Gasteiger partial charge in [0.25, 0.3) is 5.91 Å². The van der Waals surface area contributed by atoms with Crippen molar-refractivity contribution in [1.29, 1.82) is 0 Å². The van der Waals surface area contributed by atoms with Gasteiger partial charge in [-0.2, -0.15) is 0 Å². The molecule has 0 bridgehead atoms. The normalized spacial score (nSPS) is 17.5. The Labute approximate surface area is 65.5 Å². The van der Waals surface area contributed by atoms with E-state index in [1.54, 1.807) is 4.90 Å². The fourth-order valence-electron chi connectivity index (χ4n) is 1.09. The Kier molecular flexibility index (Phi) is 2.33. The second-order valence-electron chi connectivity index (χ2n) is 2.40. The summed E-state index contributed by atoms with van der Waals surface area (Å²) in [7, 11) is 0. The van der Waals surface area contributed by atoms with Crippen LogP contribution in [-0.4, -0.2) is 23.9 Å². The van der Waals surface area contributed by atoms with Crippen LogP contribution in [0, 0.1) is 0 Å². The van der Waals surface area contributed by atoms with Gasteiger partial charge in [0, 0.05) is 13.1 Å². The molecule has 0 aliphatic carbocycles. The van der Waals surface area contributed by atoms with Gasteiger partial charge in [-0.15, -0.1) is 0 Å². The summed E-state index contributed by atoms with van der Waals surface area (Å²) in [6.07, 6.45) is 2.19. The number of rotatable bonds is 1. The van der Waals surface area contributed by atoms with Gasteiger partial charge in [0.1, 0.15) is 0 Å². The van der Waals surface area contributed by atoms with E-state index in [1.807, 2.05) is 0 Å². The maximum atomic E-state index is 11.0. The molecule has 56 valence electrons. The van der Waals surface area contributed by atoms with E-state index in [1.165, 1.54) is 0 Å². The summed E-state index contributed by atoms with van der Waals surface area (Å²) < 4.78 is 0. The summed E-state index contributed by atoms with van der Waals surface area (Å²) in [6.45, 7) is 5.05. The molecule has 1 saturated heterocycles. The van der Waals surface area contributed by atoms with Crippen molar-refractivity contribution in [2.45, 2.75) is 12.8 Å². The first-order chi connectivity index (χ1) is 4.72. The second-order valence-corrected chi connectivity index (χ2v) is 2.86. The topological polar surface area (TPSA) is 20.3 Å². The van der Waals surface area contributed by atoms with Crippen molar-refractivity contribution in [3.63, 3.8) is 0 Å². The van der Waals surface area contributed by atoms with Gasteiger partial charge in [0.05, 0.1) is 5.03 Å². The maximum Gasteiger partial charge on any atom is 0.264 e. The van der Waals surface area contributed by atoms with Crippen molar-refractivity contribution < 1.29 is 4.79 Å². The van der Waals surface area contributed by atoms with Crippen LogP contribution >= 0.6 is 11.6 Å². The summed E-state index contributed by atoms with van der Waals surface area (Å²) in [6, 6.07) is 0. The Balaban J connectivity index is 2.48. The molecule has 1 rings (SSSR count). The number of hydrogen-bond acceptors (Lipinski definition) is 1. The predicted molar refractivity (Wildman–Crippen MR) is 40.8 cm³/mol. The number of hydrogen-bond donors (Lipinski definition) is 0. The van der Waals surface area contributed by atoms with E-state index in [2.05, 4.69) is 6.58 Å². The lowest BCUT2D eigenvalue weighted by molar-refractivity contribution is -0.125. The van der Waals surface area contributed by atoms with Gasteiger partial charge in [0.15, 0.2) is 0 Å². The van der Waals surface area contributed by atoms with Crippen LogP contribution in [0.4, 0.5) is 0 Å². The Morgan fingerprint density at radius 2 is 1.90 bits per heavy atom. The van der Waals surface area contributed by atoms with Gasteiger partial charge in [-0.25, -0.2) is 0 Å². The first-order valence-electron chi connectivity index (χ1n) is 3.35. The zero-order valence-electron chi connectivity index (χ0n) is 5.77. The molecule has 1 heterocycles. The van der Waals surface area contributed by atoms with Crippen LogP contribution in [0.25, 0.3) is 0 Å². The molecule has 0 spiro atoms. The van der Waals surface area contributed by atoms with E-state index in [4.69, 9.17) is 11.6 Å². The molecule has 1 fully saturated rings. The average Bonchev–Trinajstić information content (AvgIpc) is 2.36. The van der Waals surface area contributed by atoms with E-state index < -0.39 is 0 Å². The van der Waals surface area contributed by atoms with E-state index in [0.717, 1.165) is 25.9 Å². The van der Waals surface area contributed by atoms with E-state index in [-0.39, 0.29) is 10.9 Å². The minimum Gasteiger partial charge on any atom is -0.338 e. The molecule has 1 amide bonds. The third-order valence-electron chi connectivity index (χ3n) is 1.63. The first-order valence-corrected chi connectivity index (χ1v) is 3.73. The molecule has 0 aromatic rings. The molecule has 0 atom stereocenters. The highest BCUT2D eigenvalue weighted by Crippen LogP contribution is 2.12. The third-order valence-corrected chi connectivity index (χ3v) is 1.79. The molecule has 1 aliphatic heterocycles. The predicted octanol–water partition coefficient (Wildman–Crippen LogP) is 1.36. The van der Waals surface area contributed by atoms with Crippen molar-refractivity contribution in [2.75, 3.05) is 13.1 Å². The van der Waals surface area contributed by atoms with Crippen LogP contribution in [0.2, 0.25) is 0 Å². The molecule has 0 aromatic carbocycles. The maximum absolute atomic E-state index is 11.0. The largest absolute Gasteiger partial charge is 0.338 e. The highest BCUT2D eigenvalue weighted by atomic mass is 35.5. The summed E-state index contributed by atoms with van der Waals surface area (Å²) >= 11 is 5.42. The molecule has 10 heavy (non-hydrogen) atoms. The molecular weight excluding hydrogens is 150 g/mol. The molecule has 0 N–H and O–H groups in total. The number of likely N-dealkylation sites (tertiary alicyclic amines) is 1. The van der Waals surface area contributed by atoms with E-state index in [9.17, 15) is 4.79 Å². The Bertz CT molecular complexity index is 161. The molecule has 0 aromatic heterocycles. The lowest BCUT2D eigenvalue weighted by Crippen LogP contribution is -2.27. The van der Waals surface area contributed by atoms with Gasteiger partial charge in [-0.1, -0.05) is 18.2 Å². The lowest BCUT2D eigenvalue weighted by Gasteiger charge is -2.12. The number of carbonyl (C=O) groups is 1. The van der Waals surface area contributed by atoms with Crippen LogP contribution in [0.5, 0.6) is 0 Å². The van der Waals surface area contributed by atoms with Gasteiger partial charge < -0.3 is 4.90 Å². The van der Waals surface area contributed by atoms with Gasteiger partial charge >= 0.3 is 0 Å². The van der Waals surface area contributed by atoms with Gasteiger partial charge in [-0.05, 0) is 12.8 Å². The Morgan fingerprint density at radius 3 is 2.30 bits per heavy atom. The summed E-state index contributed by atoms with van der Waals surface area (Å²) in [5, 5.41) is 0.127. The standard InChI is InChI=1S/C7H10ClNO/c1-6(8)7(10)9-4-2-3-5-9/h1-5H2. The molecule has 0 saturated carbocycles. The first kappa shape index (κ1) is 7.61. The summed E-state index contributed by atoms with van der Waals surface area (Å²) in [4.78, 5) is 12.8. The van der Waals surface area contributed by atoms with E-state index in [0.29, 0.717) is 0 Å². The number of amides is 1. The molecule has 0 radical (unpaired) electrons. The highest BCUT2D eigenvalue weighted by Gasteiger charge is 2.18. The van der Waals surface area contributed by atoms with Crippen LogP contribution in [0.15, 0.2) is 11.6 Å². The quantitative estimate of drug-likeness (QED) is 0.529. The average molecular weight is 160 g/mol. The van der Waals surface area contributed by atoms with Crippen LogP contribution in [0.1, 0.15) is 12.8 Å². The van der Waals surface area contributed by atoms with E-state index >= 15 is 0 Å². The number of carbonyl (C=O) groups excluding carboxylic acids is 1. The molecule has 1 aliphatic rings. The smallest absolute Gasteiger partial charge is 0.264 e. The lowest BCUT2D eigenvalue weighted by atomic mass is 10.4. The second kappa shape index (κ2) is 3.06. The zero-order chi connectivity index (χ0) is 7.56. The monoisotopic (exact) mass is 159 g/mol. The number of nitrogens with zero attached hydrogens (tertiary/aromatic N) is 1. The number of halogens is 1. The highest BCUT2D eigenvalue weighted by molar-refractivity contribution is 6.41. The van der Waals surface area contributed by atoms with Crippen LogP contribution in [-0.2, 0) is 4.79 Å². The zero-order valence-corrected chi connectivity index (χ0v) is 6.52. The van der Waals surface area contributed by atoms with Crippen LogP contribution < -0.4 is 0 Å². The SMILES string of the molecule is C=C(Cl)C(=O)N1CCCC1. The van der Waals surface area contributed by atoms with Crippen LogP contribution in [0.3, 0.4) is 0 Å². The Morgan fingerprint density at radius 1 is 1.40 bits per heavy atom. The molecular formula is C7H10ClNO. The van der Waals surface area contributed by atoms with Crippen molar-refractivity contribution in [3.05, 3.63) is 11.6 Å². The summed E-state index contributed by atoms with van der Waals surface area (Å²) in [5.74, 6) is -0.112. The minimum atomic E-state index is -0.112. The van der Waals surface area contributed by atoms with Crippen molar-refractivity contribution >= 4 is 17.5 Å². The molecule has 0 unspecified atom stereocenters. The Hall–Kier alpha value is -0.500. The summed E-state index contributed by atoms with van der Waals surface area (Å²) in [5.41, 5.74) is 0. The fourth-order valence-corrected chi connectivity index (χ4v) is 1.21. The van der Waals surface area contributed by atoms with Gasteiger partial charge in [0.2, 0.25) is 0 Å². The molecule has 2 nitrogen and oxygen atoms in total. The van der Waals surface area contributed by atoms with Crippen molar-refractivity contribution in [2.24, 2.45) is 0 Å². The molecule has 3 heteroatoms. The van der Waals surface area contributed by atoms with Gasteiger partial charge in [-0.3, -0.25) is 4.79 Å². The third kappa shape index (κ3) is 1.51. The fraction of sp³-hybridized carbons (Fsp3) is 0.571. The minimum absolute atomic E-state index is 0.112.